The standard InChI is InChI=1S/C31H58NO10P/c1-3-5-7-8-9-10-11-12-13-14-15-16-17-18-19-20-21-23-30(34)42-27(24-39-29(33)22-6-4-2)25-40-43(37,38)41-26-28(32)31(35)36/h12-13,27-28H,3-11,14-26,32H2,1-2H3,(H,35,36)(H,37,38)/b13-12-. The Balaban J connectivity index is 4.20. The third kappa shape index (κ3) is 27.5. The SMILES string of the molecule is CCCCCCCC/C=C\CCCCCCCCCC(=O)OC(COC(=O)CCCC)COP(=O)(O)OCC(N)C(=O)O. The number of rotatable bonds is 30. The summed E-state index contributed by atoms with van der Waals surface area (Å²) in [4.78, 5) is 44.8. The van der Waals surface area contributed by atoms with Crippen molar-refractivity contribution in [2.45, 2.75) is 148 Å². The van der Waals surface area contributed by atoms with Gasteiger partial charge < -0.3 is 25.2 Å². The fourth-order valence-electron chi connectivity index (χ4n) is 4.09. The smallest absolute Gasteiger partial charge is 0.472 e. The number of esters is 2. The van der Waals surface area contributed by atoms with Crippen LogP contribution in [0.15, 0.2) is 12.2 Å². The number of hydrogen-bond acceptors (Lipinski definition) is 9. The predicted molar refractivity (Wildman–Crippen MR) is 166 cm³/mol. The van der Waals surface area contributed by atoms with E-state index in [-0.39, 0.29) is 19.4 Å². The Kier molecular flexibility index (Phi) is 26.6. The Morgan fingerprint density at radius 3 is 1.74 bits per heavy atom. The molecule has 0 spiro atoms. The second-order valence-corrected chi connectivity index (χ2v) is 12.4. The molecule has 3 unspecified atom stereocenters. The molecule has 0 heterocycles. The van der Waals surface area contributed by atoms with Crippen molar-refractivity contribution in [3.05, 3.63) is 12.2 Å². The minimum Gasteiger partial charge on any atom is -0.480 e. The Morgan fingerprint density at radius 1 is 0.698 bits per heavy atom. The van der Waals surface area contributed by atoms with Gasteiger partial charge in [-0.1, -0.05) is 96.6 Å². The van der Waals surface area contributed by atoms with Crippen molar-refractivity contribution in [3.8, 4) is 0 Å². The molecule has 0 aromatic heterocycles. The van der Waals surface area contributed by atoms with Crippen molar-refractivity contribution >= 4 is 25.7 Å². The summed E-state index contributed by atoms with van der Waals surface area (Å²) < 4.78 is 32.0. The largest absolute Gasteiger partial charge is 0.480 e. The molecule has 252 valence electrons. The third-order valence-corrected chi connectivity index (χ3v) is 7.71. The summed E-state index contributed by atoms with van der Waals surface area (Å²) in [5.74, 6) is -2.43. The van der Waals surface area contributed by atoms with Gasteiger partial charge in [0.2, 0.25) is 0 Å². The molecule has 0 fully saturated rings. The Morgan fingerprint density at radius 2 is 1.19 bits per heavy atom. The van der Waals surface area contributed by atoms with E-state index in [9.17, 15) is 23.8 Å². The summed E-state index contributed by atoms with van der Waals surface area (Å²) >= 11 is 0. The van der Waals surface area contributed by atoms with Crippen molar-refractivity contribution in [1.29, 1.82) is 0 Å². The molecule has 0 radical (unpaired) electrons. The van der Waals surface area contributed by atoms with Gasteiger partial charge >= 0.3 is 25.7 Å². The van der Waals surface area contributed by atoms with E-state index in [1.54, 1.807) is 0 Å². The number of unbranched alkanes of at least 4 members (excludes halogenated alkanes) is 14. The van der Waals surface area contributed by atoms with E-state index < -0.39 is 51.1 Å². The number of aliphatic carboxylic acids is 1. The maximum atomic E-state index is 12.4. The molecule has 4 N–H and O–H groups in total. The van der Waals surface area contributed by atoms with Crippen molar-refractivity contribution < 1.29 is 47.5 Å². The molecule has 0 bridgehead atoms. The van der Waals surface area contributed by atoms with E-state index in [4.69, 9.17) is 24.8 Å². The lowest BCUT2D eigenvalue weighted by Gasteiger charge is -2.20. The second kappa shape index (κ2) is 27.7. The Hall–Kier alpha value is -1.78. The molecule has 0 rings (SSSR count). The van der Waals surface area contributed by atoms with Crippen molar-refractivity contribution in [1.82, 2.24) is 0 Å². The quantitative estimate of drug-likeness (QED) is 0.0321. The number of carboxylic acids is 1. The first-order valence-corrected chi connectivity index (χ1v) is 17.7. The molecule has 0 aliphatic carbocycles. The van der Waals surface area contributed by atoms with Crippen LogP contribution >= 0.6 is 7.82 Å². The average molecular weight is 636 g/mol. The maximum Gasteiger partial charge on any atom is 0.472 e. The van der Waals surface area contributed by atoms with Gasteiger partial charge in [0, 0.05) is 12.8 Å². The number of phosphoric ester groups is 1. The molecule has 0 saturated carbocycles. The number of carboxylic acid groups (broad SMARTS) is 1. The van der Waals surface area contributed by atoms with Crippen molar-refractivity contribution in [2.75, 3.05) is 19.8 Å². The van der Waals surface area contributed by atoms with Crippen LogP contribution in [-0.4, -0.2) is 59.9 Å². The zero-order valence-corrected chi connectivity index (χ0v) is 27.4. The van der Waals surface area contributed by atoms with Gasteiger partial charge in [0.15, 0.2) is 6.10 Å². The molecule has 12 heteroatoms. The molecule has 11 nitrogen and oxygen atoms in total. The van der Waals surface area contributed by atoms with E-state index >= 15 is 0 Å². The monoisotopic (exact) mass is 635 g/mol. The number of nitrogens with two attached hydrogens (primary N) is 1. The Labute approximate surface area is 258 Å². The molecule has 0 aliphatic heterocycles. The van der Waals surface area contributed by atoms with Gasteiger partial charge in [0.25, 0.3) is 0 Å². The summed E-state index contributed by atoms with van der Waals surface area (Å²) in [6.07, 6.45) is 22.8. The van der Waals surface area contributed by atoms with Gasteiger partial charge in [-0.25, -0.2) is 4.57 Å². The third-order valence-electron chi connectivity index (χ3n) is 6.76. The van der Waals surface area contributed by atoms with Gasteiger partial charge in [-0.05, 0) is 38.5 Å². The van der Waals surface area contributed by atoms with Gasteiger partial charge in [-0.2, -0.15) is 0 Å². The summed E-state index contributed by atoms with van der Waals surface area (Å²) in [6.45, 7) is 2.48. The van der Waals surface area contributed by atoms with E-state index in [0.29, 0.717) is 12.8 Å². The molecule has 0 saturated heterocycles. The van der Waals surface area contributed by atoms with Crippen LogP contribution < -0.4 is 5.73 Å². The first-order chi connectivity index (χ1) is 20.6. The first-order valence-electron chi connectivity index (χ1n) is 16.2. The van der Waals surface area contributed by atoms with Crippen molar-refractivity contribution in [2.24, 2.45) is 5.73 Å². The topological polar surface area (TPSA) is 172 Å². The van der Waals surface area contributed by atoms with Gasteiger partial charge in [0.05, 0.1) is 13.2 Å². The van der Waals surface area contributed by atoms with Crippen LogP contribution in [-0.2, 0) is 37.5 Å². The number of hydrogen-bond donors (Lipinski definition) is 3. The number of ether oxygens (including phenoxy) is 2. The average Bonchev–Trinajstić information content (AvgIpc) is 2.97. The van der Waals surface area contributed by atoms with E-state index in [0.717, 1.165) is 32.1 Å². The van der Waals surface area contributed by atoms with E-state index in [2.05, 4.69) is 23.6 Å². The predicted octanol–water partition coefficient (Wildman–Crippen LogP) is 6.99. The van der Waals surface area contributed by atoms with Crippen LogP contribution in [0.1, 0.15) is 136 Å². The molecule has 0 amide bonds. The highest BCUT2D eigenvalue weighted by atomic mass is 31.2. The molecule has 0 aromatic carbocycles. The molecule has 0 aliphatic rings. The van der Waals surface area contributed by atoms with Crippen molar-refractivity contribution in [3.63, 3.8) is 0 Å². The minimum absolute atomic E-state index is 0.157. The lowest BCUT2D eigenvalue weighted by molar-refractivity contribution is -0.161. The van der Waals surface area contributed by atoms with Crippen LogP contribution in [0.25, 0.3) is 0 Å². The van der Waals surface area contributed by atoms with Gasteiger partial charge in [-0.3, -0.25) is 23.4 Å². The Bertz CT molecular complexity index is 807. The summed E-state index contributed by atoms with van der Waals surface area (Å²) in [5.41, 5.74) is 5.26. The number of phosphoric acid groups is 1. The number of allylic oxidation sites excluding steroid dienone is 2. The first kappa shape index (κ1) is 41.2. The van der Waals surface area contributed by atoms with Gasteiger partial charge in [0.1, 0.15) is 12.6 Å². The number of carbonyl (C=O) groups is 3. The fourth-order valence-corrected chi connectivity index (χ4v) is 4.87. The van der Waals surface area contributed by atoms with Crippen LogP contribution in [0, 0.1) is 0 Å². The summed E-state index contributed by atoms with van der Waals surface area (Å²) in [6, 6.07) is -1.51. The number of carbonyl (C=O) groups excluding carboxylic acids is 2. The zero-order valence-electron chi connectivity index (χ0n) is 26.6. The highest BCUT2D eigenvalue weighted by Gasteiger charge is 2.28. The molecular weight excluding hydrogens is 577 g/mol. The molecule has 3 atom stereocenters. The minimum atomic E-state index is -4.68. The highest BCUT2D eigenvalue weighted by Crippen LogP contribution is 2.43. The maximum absolute atomic E-state index is 12.4. The van der Waals surface area contributed by atoms with E-state index in [1.165, 1.54) is 64.2 Å². The molecule has 0 aromatic rings. The van der Waals surface area contributed by atoms with Gasteiger partial charge in [-0.15, -0.1) is 0 Å². The molecule has 43 heavy (non-hydrogen) atoms. The lowest BCUT2D eigenvalue weighted by Crippen LogP contribution is -2.34. The summed E-state index contributed by atoms with van der Waals surface area (Å²) in [7, 11) is -4.68. The van der Waals surface area contributed by atoms with Crippen LogP contribution in [0.4, 0.5) is 0 Å². The zero-order chi connectivity index (χ0) is 32.2. The summed E-state index contributed by atoms with van der Waals surface area (Å²) in [5, 5.41) is 8.77. The van der Waals surface area contributed by atoms with Crippen LogP contribution in [0.3, 0.4) is 0 Å². The lowest BCUT2D eigenvalue weighted by atomic mass is 10.1. The molecular formula is C31H58NO10P. The van der Waals surface area contributed by atoms with Crippen LogP contribution in [0.2, 0.25) is 0 Å². The van der Waals surface area contributed by atoms with Crippen LogP contribution in [0.5, 0.6) is 0 Å². The normalized spacial score (nSPS) is 14.3. The highest BCUT2D eigenvalue weighted by molar-refractivity contribution is 7.47. The van der Waals surface area contributed by atoms with E-state index in [1.807, 2.05) is 6.92 Å². The fraction of sp³-hybridized carbons (Fsp3) is 0.839. The second-order valence-electron chi connectivity index (χ2n) is 10.9.